The van der Waals surface area contributed by atoms with Crippen LogP contribution in [-0.2, 0) is 13.1 Å². The maximum atomic E-state index is 12.9. The summed E-state index contributed by atoms with van der Waals surface area (Å²) >= 11 is 0. The summed E-state index contributed by atoms with van der Waals surface area (Å²) in [6.45, 7) is 5.01. The number of aromatic nitrogens is 4. The van der Waals surface area contributed by atoms with Crippen LogP contribution in [0.1, 0.15) is 25.1 Å². The summed E-state index contributed by atoms with van der Waals surface area (Å²) in [7, 11) is 0. The third kappa shape index (κ3) is 3.77. The predicted molar refractivity (Wildman–Crippen MR) is 89.3 cm³/mol. The van der Waals surface area contributed by atoms with Gasteiger partial charge in [-0.1, -0.05) is 26.0 Å². The van der Waals surface area contributed by atoms with Crippen LogP contribution >= 0.6 is 0 Å². The summed E-state index contributed by atoms with van der Waals surface area (Å²) in [5, 5.41) is 9.14. The van der Waals surface area contributed by atoms with E-state index in [0.29, 0.717) is 36.6 Å². The van der Waals surface area contributed by atoms with Gasteiger partial charge in [0.1, 0.15) is 5.82 Å². The van der Waals surface area contributed by atoms with E-state index in [4.69, 9.17) is 0 Å². The lowest BCUT2D eigenvalue weighted by molar-refractivity contribution is 0.580. The third-order valence-electron chi connectivity index (χ3n) is 3.45. The fourth-order valence-corrected chi connectivity index (χ4v) is 2.19. The van der Waals surface area contributed by atoms with Gasteiger partial charge in [0.2, 0.25) is 5.95 Å². The molecule has 0 saturated carbocycles. The molecule has 126 valence electrons. The van der Waals surface area contributed by atoms with Crippen molar-refractivity contribution in [2.24, 2.45) is 0 Å². The predicted octanol–water partition coefficient (Wildman–Crippen LogP) is 1.67. The van der Waals surface area contributed by atoms with Crippen molar-refractivity contribution in [1.82, 2.24) is 24.9 Å². The van der Waals surface area contributed by atoms with Crippen LogP contribution in [0, 0.1) is 5.82 Å². The van der Waals surface area contributed by atoms with E-state index in [2.05, 4.69) is 25.7 Å². The molecular weight excluding hydrogens is 311 g/mol. The number of aromatic amines is 1. The summed E-state index contributed by atoms with van der Waals surface area (Å²) in [6.07, 6.45) is 0. The Bertz CT molecular complexity index is 884. The first-order chi connectivity index (χ1) is 11.5. The highest BCUT2D eigenvalue weighted by atomic mass is 19.1. The Morgan fingerprint density at radius 3 is 2.67 bits per heavy atom. The normalized spacial score (nSPS) is 11.3. The second kappa shape index (κ2) is 6.79. The van der Waals surface area contributed by atoms with Gasteiger partial charge in [-0.25, -0.2) is 9.37 Å². The van der Waals surface area contributed by atoms with Crippen molar-refractivity contribution in [3.05, 3.63) is 57.8 Å². The van der Waals surface area contributed by atoms with Gasteiger partial charge in [0.15, 0.2) is 0 Å². The Morgan fingerprint density at radius 1 is 1.21 bits per heavy atom. The second-order valence-electron chi connectivity index (χ2n) is 5.81. The zero-order chi connectivity index (χ0) is 17.1. The molecule has 0 spiro atoms. The van der Waals surface area contributed by atoms with Gasteiger partial charge < -0.3 is 10.6 Å². The van der Waals surface area contributed by atoms with Crippen molar-refractivity contribution in [2.45, 2.75) is 33.0 Å². The zero-order valence-electron chi connectivity index (χ0n) is 13.5. The molecule has 0 saturated heterocycles. The molecule has 0 aliphatic rings. The van der Waals surface area contributed by atoms with Crippen molar-refractivity contribution >= 4 is 11.7 Å². The molecule has 7 nitrogen and oxygen atoms in total. The van der Waals surface area contributed by atoms with E-state index in [9.17, 15) is 9.18 Å². The highest BCUT2D eigenvalue weighted by Gasteiger charge is 2.08. The second-order valence-corrected chi connectivity index (χ2v) is 5.81. The molecule has 2 heterocycles. The van der Waals surface area contributed by atoms with Crippen molar-refractivity contribution in [1.29, 1.82) is 0 Å². The molecule has 0 fully saturated rings. The van der Waals surface area contributed by atoms with Gasteiger partial charge in [-0.05, 0) is 17.7 Å². The number of fused-ring (bicyclic) bond motifs is 1. The Balaban J connectivity index is 1.76. The summed E-state index contributed by atoms with van der Waals surface area (Å²) in [6, 6.07) is 7.95. The first-order valence-corrected chi connectivity index (χ1v) is 7.71. The Hall–Kier alpha value is -2.74. The van der Waals surface area contributed by atoms with Gasteiger partial charge in [0.05, 0.1) is 5.69 Å². The molecular formula is C16H19FN6O. The fourth-order valence-electron chi connectivity index (χ4n) is 2.19. The van der Waals surface area contributed by atoms with Crippen LogP contribution < -0.4 is 16.2 Å². The molecule has 0 atom stereocenters. The fraction of sp³-hybridized carbons (Fsp3) is 0.312. The lowest BCUT2D eigenvalue weighted by Crippen LogP contribution is -2.24. The summed E-state index contributed by atoms with van der Waals surface area (Å²) in [5.41, 5.74) is 1.33. The molecule has 0 aliphatic heterocycles. The molecule has 0 amide bonds. The first-order valence-electron chi connectivity index (χ1n) is 7.71. The summed E-state index contributed by atoms with van der Waals surface area (Å²) in [5.74, 6) is 0.461. The highest BCUT2D eigenvalue weighted by molar-refractivity contribution is 5.38. The van der Waals surface area contributed by atoms with Crippen molar-refractivity contribution in [3.63, 3.8) is 0 Å². The summed E-state index contributed by atoms with van der Waals surface area (Å²) in [4.78, 5) is 20.8. The molecule has 3 rings (SSSR count). The van der Waals surface area contributed by atoms with Crippen molar-refractivity contribution in [2.75, 3.05) is 5.32 Å². The zero-order valence-corrected chi connectivity index (χ0v) is 13.5. The quantitative estimate of drug-likeness (QED) is 0.640. The van der Waals surface area contributed by atoms with Crippen molar-refractivity contribution in [3.8, 4) is 0 Å². The average molecular weight is 330 g/mol. The van der Waals surface area contributed by atoms with Gasteiger partial charge in [0, 0.05) is 25.2 Å². The SMILES string of the molecule is CC(C)NCc1cc(=O)n2[nH]c(NCc3ccc(F)cc3)nc2n1. The standard InChI is InChI=1S/C16H19FN6O/c1-10(2)18-9-13-7-14(24)23-16(20-13)21-15(22-23)19-8-11-3-5-12(17)6-4-11/h3-7,10,18H,8-9H2,1-2H3,(H2,19,20,21,22). The smallest absolute Gasteiger partial charge is 0.274 e. The molecule has 8 heteroatoms. The van der Waals surface area contributed by atoms with Gasteiger partial charge in [0.25, 0.3) is 11.3 Å². The molecule has 2 aromatic heterocycles. The van der Waals surface area contributed by atoms with Crippen LogP contribution in [0.2, 0.25) is 0 Å². The van der Waals surface area contributed by atoms with E-state index in [-0.39, 0.29) is 11.4 Å². The molecule has 0 aliphatic carbocycles. The van der Waals surface area contributed by atoms with E-state index >= 15 is 0 Å². The van der Waals surface area contributed by atoms with Crippen LogP contribution in [0.3, 0.4) is 0 Å². The van der Waals surface area contributed by atoms with E-state index < -0.39 is 0 Å². The number of nitrogens with one attached hydrogen (secondary N) is 3. The minimum absolute atomic E-state index is 0.220. The van der Waals surface area contributed by atoms with Crippen LogP contribution in [0.5, 0.6) is 0 Å². The van der Waals surface area contributed by atoms with Crippen LogP contribution in [0.4, 0.5) is 10.3 Å². The highest BCUT2D eigenvalue weighted by Crippen LogP contribution is 2.07. The number of benzene rings is 1. The number of anilines is 1. The van der Waals surface area contributed by atoms with Crippen LogP contribution in [0.25, 0.3) is 5.78 Å². The summed E-state index contributed by atoms with van der Waals surface area (Å²) < 4.78 is 14.2. The largest absolute Gasteiger partial charge is 0.351 e. The monoisotopic (exact) mass is 330 g/mol. The number of hydrogen-bond acceptors (Lipinski definition) is 5. The molecule has 1 aromatic carbocycles. The molecule has 3 N–H and O–H groups in total. The van der Waals surface area contributed by atoms with E-state index in [0.717, 1.165) is 5.56 Å². The van der Waals surface area contributed by atoms with Gasteiger partial charge in [-0.2, -0.15) is 9.50 Å². The first kappa shape index (κ1) is 16.1. The lowest BCUT2D eigenvalue weighted by Gasteiger charge is -2.06. The molecule has 3 aromatic rings. The minimum atomic E-state index is -0.277. The van der Waals surface area contributed by atoms with E-state index in [1.165, 1.54) is 22.7 Å². The minimum Gasteiger partial charge on any atom is -0.351 e. The van der Waals surface area contributed by atoms with Crippen molar-refractivity contribution < 1.29 is 4.39 Å². The Kier molecular flexibility index (Phi) is 4.57. The number of rotatable bonds is 6. The van der Waals surface area contributed by atoms with E-state index in [1.54, 1.807) is 12.1 Å². The van der Waals surface area contributed by atoms with Crippen LogP contribution in [-0.4, -0.2) is 25.6 Å². The number of nitrogens with zero attached hydrogens (tertiary/aromatic N) is 3. The third-order valence-corrected chi connectivity index (χ3v) is 3.45. The molecule has 0 bridgehead atoms. The number of hydrogen-bond donors (Lipinski definition) is 3. The Labute approximate surface area is 137 Å². The number of H-pyrrole nitrogens is 1. The number of halogens is 1. The molecule has 0 unspecified atom stereocenters. The maximum Gasteiger partial charge on any atom is 0.274 e. The molecule has 24 heavy (non-hydrogen) atoms. The molecule has 0 radical (unpaired) electrons. The van der Waals surface area contributed by atoms with Gasteiger partial charge >= 0.3 is 0 Å². The maximum absolute atomic E-state index is 12.9. The average Bonchev–Trinajstić information content (AvgIpc) is 2.96. The lowest BCUT2D eigenvalue weighted by atomic mass is 10.2. The van der Waals surface area contributed by atoms with E-state index in [1.807, 2.05) is 13.8 Å². The Morgan fingerprint density at radius 2 is 1.96 bits per heavy atom. The topological polar surface area (TPSA) is 87.1 Å². The van der Waals surface area contributed by atoms with Gasteiger partial charge in [-0.3, -0.25) is 9.89 Å². The van der Waals surface area contributed by atoms with Crippen LogP contribution in [0.15, 0.2) is 35.1 Å². The van der Waals surface area contributed by atoms with Gasteiger partial charge in [-0.15, -0.1) is 0 Å².